The van der Waals surface area contributed by atoms with Gasteiger partial charge < -0.3 is 15.5 Å². The number of nitrogens with zero attached hydrogens (tertiary/aromatic N) is 1. The number of hydrogen-bond acceptors (Lipinski definition) is 2. The Kier molecular flexibility index (Phi) is 4.73. The molecule has 0 aromatic heterocycles. The van der Waals surface area contributed by atoms with Crippen LogP contribution in [0.25, 0.3) is 0 Å². The lowest BCUT2D eigenvalue weighted by atomic mass is 10.1. The van der Waals surface area contributed by atoms with Crippen LogP contribution in [0.3, 0.4) is 0 Å². The highest BCUT2D eigenvalue weighted by atomic mass is 16.2. The van der Waals surface area contributed by atoms with Gasteiger partial charge in [0, 0.05) is 26.2 Å². The molecule has 1 aliphatic rings. The number of hydrogen-bond donors (Lipinski definition) is 2. The second-order valence-corrected chi connectivity index (χ2v) is 3.83. The molecule has 82 valence electrons. The zero-order valence-corrected chi connectivity index (χ0v) is 9.18. The fourth-order valence-electron chi connectivity index (χ4n) is 1.64. The lowest BCUT2D eigenvalue weighted by molar-refractivity contribution is 0.210. The van der Waals surface area contributed by atoms with Crippen LogP contribution >= 0.6 is 0 Å². The van der Waals surface area contributed by atoms with Gasteiger partial charge in [0.25, 0.3) is 0 Å². The molecule has 1 aliphatic heterocycles. The molecule has 2 N–H and O–H groups in total. The fraction of sp³-hybridized carbons (Fsp3) is 0.900. The van der Waals surface area contributed by atoms with Gasteiger partial charge in [0.1, 0.15) is 0 Å². The lowest BCUT2D eigenvalue weighted by Crippen LogP contribution is -2.39. The second kappa shape index (κ2) is 5.86. The molecule has 4 nitrogen and oxygen atoms in total. The van der Waals surface area contributed by atoms with Crippen LogP contribution in [0.15, 0.2) is 0 Å². The summed E-state index contributed by atoms with van der Waals surface area (Å²) in [6.45, 7) is 4.64. The van der Waals surface area contributed by atoms with Crippen molar-refractivity contribution in [3.63, 3.8) is 0 Å². The lowest BCUT2D eigenvalue weighted by Gasteiger charge is -2.16. The summed E-state index contributed by atoms with van der Waals surface area (Å²) in [7, 11) is 1.81. The van der Waals surface area contributed by atoms with E-state index in [1.54, 1.807) is 4.90 Å². The van der Waals surface area contributed by atoms with Crippen molar-refractivity contribution < 1.29 is 4.79 Å². The van der Waals surface area contributed by atoms with E-state index in [0.29, 0.717) is 6.04 Å². The molecule has 1 fully saturated rings. The average Bonchev–Trinajstić information content (AvgIpc) is 2.69. The molecule has 1 rings (SSSR count). The third-order valence-electron chi connectivity index (χ3n) is 2.75. The molecular weight excluding hydrogens is 178 g/mol. The van der Waals surface area contributed by atoms with Crippen molar-refractivity contribution in [2.24, 2.45) is 0 Å². The van der Waals surface area contributed by atoms with E-state index < -0.39 is 0 Å². The summed E-state index contributed by atoms with van der Waals surface area (Å²) in [5.74, 6) is 0. The number of urea groups is 1. The molecule has 0 spiro atoms. The quantitative estimate of drug-likeness (QED) is 0.703. The predicted octanol–water partition coefficient (Wildman–Crippen LogP) is 0.790. The SMILES string of the molecule is CCN(C)C(=O)NCC[C@H]1CCCN1. The number of rotatable bonds is 4. The van der Waals surface area contributed by atoms with Crippen LogP contribution in [-0.4, -0.2) is 43.7 Å². The third-order valence-corrected chi connectivity index (χ3v) is 2.75. The van der Waals surface area contributed by atoms with Gasteiger partial charge in [0.2, 0.25) is 0 Å². The van der Waals surface area contributed by atoms with Gasteiger partial charge >= 0.3 is 6.03 Å². The van der Waals surface area contributed by atoms with Crippen molar-refractivity contribution in [1.82, 2.24) is 15.5 Å². The van der Waals surface area contributed by atoms with E-state index >= 15 is 0 Å². The van der Waals surface area contributed by atoms with E-state index in [9.17, 15) is 4.79 Å². The molecule has 0 aliphatic carbocycles. The van der Waals surface area contributed by atoms with Crippen molar-refractivity contribution in [3.8, 4) is 0 Å². The maximum atomic E-state index is 11.3. The molecule has 0 bridgehead atoms. The smallest absolute Gasteiger partial charge is 0.317 e. The molecular formula is C10H21N3O. The normalized spacial score (nSPS) is 20.9. The van der Waals surface area contributed by atoms with E-state index in [2.05, 4.69) is 10.6 Å². The van der Waals surface area contributed by atoms with Gasteiger partial charge in [-0.25, -0.2) is 4.79 Å². The van der Waals surface area contributed by atoms with E-state index in [-0.39, 0.29) is 6.03 Å². The van der Waals surface area contributed by atoms with Gasteiger partial charge in [0.05, 0.1) is 0 Å². The Bertz CT molecular complexity index is 178. The number of amides is 2. The first kappa shape index (κ1) is 11.3. The monoisotopic (exact) mass is 199 g/mol. The Balaban J connectivity index is 2.05. The molecule has 0 unspecified atom stereocenters. The summed E-state index contributed by atoms with van der Waals surface area (Å²) in [6.07, 6.45) is 3.57. The summed E-state index contributed by atoms with van der Waals surface area (Å²) in [6, 6.07) is 0.646. The maximum Gasteiger partial charge on any atom is 0.317 e. The van der Waals surface area contributed by atoms with E-state index in [1.807, 2.05) is 14.0 Å². The van der Waals surface area contributed by atoms with Crippen molar-refractivity contribution in [3.05, 3.63) is 0 Å². The molecule has 0 aromatic carbocycles. The summed E-state index contributed by atoms with van der Waals surface area (Å²) < 4.78 is 0. The Morgan fingerprint density at radius 1 is 1.64 bits per heavy atom. The van der Waals surface area contributed by atoms with E-state index in [1.165, 1.54) is 12.8 Å². The molecule has 1 saturated heterocycles. The van der Waals surface area contributed by atoms with Gasteiger partial charge in [-0.3, -0.25) is 0 Å². The minimum absolute atomic E-state index is 0.0329. The first-order chi connectivity index (χ1) is 6.74. The zero-order valence-electron chi connectivity index (χ0n) is 9.18. The second-order valence-electron chi connectivity index (χ2n) is 3.83. The molecule has 2 amide bonds. The fourth-order valence-corrected chi connectivity index (χ4v) is 1.64. The summed E-state index contributed by atoms with van der Waals surface area (Å²) >= 11 is 0. The molecule has 0 radical (unpaired) electrons. The largest absolute Gasteiger partial charge is 0.338 e. The topological polar surface area (TPSA) is 44.4 Å². The standard InChI is InChI=1S/C10H21N3O/c1-3-13(2)10(14)12-8-6-9-5-4-7-11-9/h9,11H,3-8H2,1-2H3,(H,12,14)/t9-/m1/s1. The number of carbonyl (C=O) groups is 1. The Hall–Kier alpha value is -0.770. The van der Waals surface area contributed by atoms with Gasteiger partial charge in [-0.05, 0) is 32.7 Å². The molecule has 0 saturated carbocycles. The van der Waals surface area contributed by atoms with E-state index in [0.717, 1.165) is 26.1 Å². The number of nitrogens with one attached hydrogen (secondary N) is 2. The Morgan fingerprint density at radius 2 is 2.43 bits per heavy atom. The molecule has 14 heavy (non-hydrogen) atoms. The predicted molar refractivity (Wildman–Crippen MR) is 57.3 cm³/mol. The van der Waals surface area contributed by atoms with Crippen molar-refractivity contribution in [2.75, 3.05) is 26.7 Å². The highest BCUT2D eigenvalue weighted by Gasteiger charge is 2.13. The van der Waals surface area contributed by atoms with Gasteiger partial charge in [-0.2, -0.15) is 0 Å². The molecule has 1 atom stereocenters. The van der Waals surface area contributed by atoms with Crippen molar-refractivity contribution >= 4 is 6.03 Å². The third kappa shape index (κ3) is 3.54. The highest BCUT2D eigenvalue weighted by molar-refractivity contribution is 5.73. The van der Waals surface area contributed by atoms with Crippen LogP contribution in [0.4, 0.5) is 4.79 Å². The summed E-state index contributed by atoms with van der Waals surface area (Å²) in [4.78, 5) is 13.0. The highest BCUT2D eigenvalue weighted by Crippen LogP contribution is 2.07. The van der Waals surface area contributed by atoms with E-state index in [4.69, 9.17) is 0 Å². The molecule has 0 aromatic rings. The van der Waals surface area contributed by atoms with Gasteiger partial charge in [-0.15, -0.1) is 0 Å². The summed E-state index contributed by atoms with van der Waals surface area (Å²) in [5, 5.41) is 6.32. The van der Waals surface area contributed by atoms with Crippen LogP contribution in [0.2, 0.25) is 0 Å². The number of carbonyl (C=O) groups excluding carboxylic acids is 1. The molecule has 4 heteroatoms. The minimum atomic E-state index is 0.0329. The maximum absolute atomic E-state index is 11.3. The van der Waals surface area contributed by atoms with Crippen molar-refractivity contribution in [2.45, 2.75) is 32.2 Å². The first-order valence-electron chi connectivity index (χ1n) is 5.46. The summed E-state index contributed by atoms with van der Waals surface area (Å²) in [5.41, 5.74) is 0. The van der Waals surface area contributed by atoms with Crippen LogP contribution < -0.4 is 10.6 Å². The van der Waals surface area contributed by atoms with Crippen LogP contribution in [0.5, 0.6) is 0 Å². The van der Waals surface area contributed by atoms with Gasteiger partial charge in [0.15, 0.2) is 0 Å². The van der Waals surface area contributed by atoms with Crippen molar-refractivity contribution in [1.29, 1.82) is 0 Å². The van der Waals surface area contributed by atoms with Gasteiger partial charge in [-0.1, -0.05) is 0 Å². The molecule has 1 heterocycles. The Morgan fingerprint density at radius 3 is 3.00 bits per heavy atom. The van der Waals surface area contributed by atoms with Crippen LogP contribution in [0, 0.1) is 0 Å². The average molecular weight is 199 g/mol. The zero-order chi connectivity index (χ0) is 10.4. The van der Waals surface area contributed by atoms with Crippen LogP contribution in [0.1, 0.15) is 26.2 Å². The first-order valence-corrected chi connectivity index (χ1v) is 5.46. The Labute approximate surface area is 86.0 Å². The minimum Gasteiger partial charge on any atom is -0.338 e. The van der Waals surface area contributed by atoms with Crippen LogP contribution in [-0.2, 0) is 0 Å².